The van der Waals surface area contributed by atoms with Crippen molar-refractivity contribution in [3.8, 4) is 0 Å². The first kappa shape index (κ1) is 5.93. The van der Waals surface area contributed by atoms with Gasteiger partial charge in [0.2, 0.25) is 0 Å². The van der Waals surface area contributed by atoms with Gasteiger partial charge >= 0.3 is 54.7 Å². The molecule has 0 fully saturated rings. The molecular formula is C6H8OSe. The van der Waals surface area contributed by atoms with E-state index >= 15 is 0 Å². The third-order valence-corrected chi connectivity index (χ3v) is 2.47. The number of rotatable bonds is 2. The summed E-state index contributed by atoms with van der Waals surface area (Å²) in [5, 5.41) is 1.22. The number of hydrogen-bond donors (Lipinski definition) is 0. The minimum absolute atomic E-state index is 0.573. The molecule has 0 amide bonds. The van der Waals surface area contributed by atoms with Crippen molar-refractivity contribution >= 4 is 19.6 Å². The van der Waals surface area contributed by atoms with Crippen molar-refractivity contribution in [2.75, 3.05) is 0 Å². The summed E-state index contributed by atoms with van der Waals surface area (Å²) in [5.74, 6) is 0. The fourth-order valence-electron chi connectivity index (χ4n) is 0.488. The summed E-state index contributed by atoms with van der Waals surface area (Å²) in [6.45, 7) is 2.17. The van der Waals surface area contributed by atoms with Crippen LogP contribution in [0.5, 0.6) is 0 Å². The maximum atomic E-state index is 5.10. The Morgan fingerprint density at radius 3 is 3.12 bits per heavy atom. The molecule has 0 unspecified atom stereocenters. The molecule has 0 radical (unpaired) electrons. The molecule has 2 heteroatoms. The fraction of sp³-hybridized carbons (Fsp3) is 0.333. The van der Waals surface area contributed by atoms with E-state index in [2.05, 4.69) is 6.92 Å². The Balaban J connectivity index is 2.50. The van der Waals surface area contributed by atoms with Crippen LogP contribution in [0.15, 0.2) is 22.8 Å². The Labute approximate surface area is 55.2 Å². The second kappa shape index (κ2) is 2.95. The van der Waals surface area contributed by atoms with Crippen LogP contribution in [0.4, 0.5) is 0 Å². The van der Waals surface area contributed by atoms with Crippen molar-refractivity contribution < 1.29 is 4.42 Å². The molecule has 8 heavy (non-hydrogen) atoms. The van der Waals surface area contributed by atoms with E-state index in [4.69, 9.17) is 4.42 Å². The molecule has 1 heterocycles. The van der Waals surface area contributed by atoms with Gasteiger partial charge in [-0.15, -0.1) is 0 Å². The topological polar surface area (TPSA) is 13.1 Å². The molecule has 0 aliphatic rings. The molecule has 0 saturated carbocycles. The van der Waals surface area contributed by atoms with Crippen LogP contribution < -0.4 is 4.66 Å². The molecule has 1 aromatic rings. The van der Waals surface area contributed by atoms with Gasteiger partial charge in [0.1, 0.15) is 0 Å². The third-order valence-electron chi connectivity index (χ3n) is 0.782. The van der Waals surface area contributed by atoms with E-state index in [1.54, 1.807) is 6.26 Å². The van der Waals surface area contributed by atoms with Crippen LogP contribution in [0.25, 0.3) is 0 Å². The Kier molecular flexibility index (Phi) is 2.19. The molecule has 0 spiro atoms. The van der Waals surface area contributed by atoms with Gasteiger partial charge in [-0.1, -0.05) is 0 Å². The zero-order valence-electron chi connectivity index (χ0n) is 4.76. The summed E-state index contributed by atoms with van der Waals surface area (Å²) in [6, 6.07) is 3.97. The quantitative estimate of drug-likeness (QED) is 0.612. The Morgan fingerprint density at radius 1 is 1.75 bits per heavy atom. The van der Waals surface area contributed by atoms with Crippen LogP contribution >= 0.6 is 0 Å². The zero-order chi connectivity index (χ0) is 5.82. The number of hydrogen-bond acceptors (Lipinski definition) is 1. The monoisotopic (exact) mass is 176 g/mol. The minimum atomic E-state index is 0.573. The van der Waals surface area contributed by atoms with E-state index in [0.29, 0.717) is 15.0 Å². The third kappa shape index (κ3) is 1.39. The fourth-order valence-corrected chi connectivity index (χ4v) is 1.71. The summed E-state index contributed by atoms with van der Waals surface area (Å²) in [5.41, 5.74) is 0. The predicted octanol–water partition coefficient (Wildman–Crippen LogP) is 1.05. The van der Waals surface area contributed by atoms with Crippen molar-refractivity contribution in [2.45, 2.75) is 12.2 Å². The SMILES string of the molecule is CC[Se]c1ccco1. The zero-order valence-corrected chi connectivity index (χ0v) is 6.47. The second-order valence-corrected chi connectivity index (χ2v) is 4.03. The Hall–Kier alpha value is -0.201. The first-order valence-corrected chi connectivity index (χ1v) is 4.66. The summed E-state index contributed by atoms with van der Waals surface area (Å²) >= 11 is 0.573. The van der Waals surface area contributed by atoms with Gasteiger partial charge < -0.3 is 0 Å². The van der Waals surface area contributed by atoms with Crippen LogP contribution in [0.2, 0.25) is 5.32 Å². The van der Waals surface area contributed by atoms with Crippen molar-refractivity contribution in [1.29, 1.82) is 0 Å². The van der Waals surface area contributed by atoms with E-state index in [1.807, 2.05) is 12.1 Å². The van der Waals surface area contributed by atoms with Crippen molar-refractivity contribution in [3.05, 3.63) is 18.4 Å². The normalized spacial score (nSPS) is 9.62. The van der Waals surface area contributed by atoms with E-state index in [1.165, 1.54) is 5.32 Å². The molecule has 0 aliphatic heterocycles. The molecule has 44 valence electrons. The van der Waals surface area contributed by atoms with Crippen LogP contribution in [-0.2, 0) is 0 Å². The van der Waals surface area contributed by atoms with Crippen LogP contribution in [0.3, 0.4) is 0 Å². The average molecular weight is 175 g/mol. The Morgan fingerprint density at radius 2 is 2.62 bits per heavy atom. The molecule has 1 rings (SSSR count). The first-order chi connectivity index (χ1) is 3.93. The molecule has 0 aromatic carbocycles. The van der Waals surface area contributed by atoms with Gasteiger partial charge in [-0.25, -0.2) is 0 Å². The van der Waals surface area contributed by atoms with Gasteiger partial charge in [0.25, 0.3) is 0 Å². The first-order valence-electron chi connectivity index (χ1n) is 2.60. The summed E-state index contributed by atoms with van der Waals surface area (Å²) < 4.78 is 6.25. The predicted molar refractivity (Wildman–Crippen MR) is 34.6 cm³/mol. The molecule has 0 N–H and O–H groups in total. The van der Waals surface area contributed by atoms with Gasteiger partial charge in [-0.3, -0.25) is 0 Å². The van der Waals surface area contributed by atoms with Gasteiger partial charge in [0.05, 0.1) is 0 Å². The van der Waals surface area contributed by atoms with Gasteiger partial charge in [-0.2, -0.15) is 0 Å². The van der Waals surface area contributed by atoms with Crippen LogP contribution in [0.1, 0.15) is 6.92 Å². The van der Waals surface area contributed by atoms with Crippen LogP contribution in [0, 0.1) is 0 Å². The standard InChI is InChI=1S/C6H8OSe/c1-2-8-6-4-3-5-7-6/h3-5H,2H2,1H3. The van der Waals surface area contributed by atoms with E-state index in [9.17, 15) is 0 Å². The van der Waals surface area contributed by atoms with Crippen molar-refractivity contribution in [2.24, 2.45) is 0 Å². The summed E-state index contributed by atoms with van der Waals surface area (Å²) in [7, 11) is 0. The Bertz CT molecular complexity index is 134. The van der Waals surface area contributed by atoms with Crippen molar-refractivity contribution in [3.63, 3.8) is 0 Å². The molecule has 1 nitrogen and oxygen atoms in total. The summed E-state index contributed by atoms with van der Waals surface area (Å²) in [4.78, 5) is 0. The molecule has 0 bridgehead atoms. The van der Waals surface area contributed by atoms with Crippen molar-refractivity contribution in [1.82, 2.24) is 0 Å². The molecular weight excluding hydrogens is 167 g/mol. The molecule has 1 aromatic heterocycles. The summed E-state index contributed by atoms with van der Waals surface area (Å²) in [6.07, 6.45) is 1.73. The molecule has 0 aliphatic carbocycles. The molecule has 0 atom stereocenters. The average Bonchev–Trinajstić information content (AvgIpc) is 2.19. The van der Waals surface area contributed by atoms with Gasteiger partial charge in [0.15, 0.2) is 0 Å². The van der Waals surface area contributed by atoms with E-state index < -0.39 is 0 Å². The maximum absolute atomic E-state index is 5.10. The second-order valence-electron chi connectivity index (χ2n) is 1.37. The number of furan rings is 1. The molecule has 0 saturated heterocycles. The van der Waals surface area contributed by atoms with Gasteiger partial charge in [0, 0.05) is 0 Å². The van der Waals surface area contributed by atoms with E-state index in [0.717, 1.165) is 4.66 Å². The van der Waals surface area contributed by atoms with Gasteiger partial charge in [-0.05, 0) is 0 Å². The van der Waals surface area contributed by atoms with E-state index in [-0.39, 0.29) is 0 Å². The van der Waals surface area contributed by atoms with Crippen LogP contribution in [-0.4, -0.2) is 15.0 Å².